The molecular formula is C27H35N3O2. The first-order valence-corrected chi connectivity index (χ1v) is 12.2. The Bertz CT molecular complexity index is 1030. The van der Waals surface area contributed by atoms with Gasteiger partial charge in [0.2, 0.25) is 0 Å². The van der Waals surface area contributed by atoms with E-state index in [1.165, 1.54) is 16.8 Å². The lowest BCUT2D eigenvalue weighted by molar-refractivity contribution is 0.0616. The quantitative estimate of drug-likeness (QED) is 0.677. The summed E-state index contributed by atoms with van der Waals surface area (Å²) < 4.78 is 7.86. The Morgan fingerprint density at radius 1 is 1.19 bits per heavy atom. The van der Waals surface area contributed by atoms with Crippen molar-refractivity contribution < 1.29 is 9.53 Å². The van der Waals surface area contributed by atoms with Gasteiger partial charge >= 0.3 is 0 Å². The molecule has 1 amide bonds. The molecule has 3 aliphatic rings. The molecule has 0 spiro atoms. The van der Waals surface area contributed by atoms with Crippen LogP contribution in [0.3, 0.4) is 0 Å². The maximum atomic E-state index is 13.9. The van der Waals surface area contributed by atoms with Crippen molar-refractivity contribution in [3.63, 3.8) is 0 Å². The fraction of sp³-hybridized carbons (Fsp3) is 0.519. The van der Waals surface area contributed by atoms with Gasteiger partial charge in [-0.25, -0.2) is 0 Å². The smallest absolute Gasteiger partial charge is 0.255 e. The molecule has 2 heterocycles. The third kappa shape index (κ3) is 4.11. The van der Waals surface area contributed by atoms with Crippen molar-refractivity contribution in [3.8, 4) is 0 Å². The number of hydrogen-bond donors (Lipinski definition) is 1. The van der Waals surface area contributed by atoms with E-state index < -0.39 is 0 Å². The number of amides is 1. The number of hydrogen-bond acceptors (Lipinski definition) is 3. The van der Waals surface area contributed by atoms with Crippen LogP contribution in [0.2, 0.25) is 0 Å². The molecule has 1 aliphatic heterocycles. The van der Waals surface area contributed by atoms with E-state index >= 15 is 0 Å². The van der Waals surface area contributed by atoms with Crippen LogP contribution in [0.4, 0.5) is 0 Å². The summed E-state index contributed by atoms with van der Waals surface area (Å²) in [6.45, 7) is 6.74. The van der Waals surface area contributed by atoms with E-state index in [1.54, 1.807) is 0 Å². The minimum atomic E-state index is 0.197. The number of aromatic nitrogens is 1. The van der Waals surface area contributed by atoms with Gasteiger partial charge in [-0.1, -0.05) is 18.7 Å². The van der Waals surface area contributed by atoms with Crippen molar-refractivity contribution in [3.05, 3.63) is 60.0 Å². The molecule has 1 unspecified atom stereocenters. The number of carbonyl (C=O) groups is 1. The van der Waals surface area contributed by atoms with E-state index in [0.717, 1.165) is 75.7 Å². The van der Waals surface area contributed by atoms with Crippen LogP contribution >= 0.6 is 0 Å². The van der Waals surface area contributed by atoms with E-state index in [-0.39, 0.29) is 11.9 Å². The van der Waals surface area contributed by atoms with Gasteiger partial charge in [-0.2, -0.15) is 0 Å². The number of benzene rings is 1. The molecule has 1 atom stereocenters. The molecule has 5 heteroatoms. The third-order valence-electron chi connectivity index (χ3n) is 7.53. The van der Waals surface area contributed by atoms with Crippen molar-refractivity contribution in [1.82, 2.24) is 14.8 Å². The lowest BCUT2D eigenvalue weighted by Crippen LogP contribution is -2.44. The van der Waals surface area contributed by atoms with Crippen molar-refractivity contribution >= 4 is 16.8 Å². The highest BCUT2D eigenvalue weighted by molar-refractivity contribution is 6.07. The molecule has 1 aromatic carbocycles. The van der Waals surface area contributed by atoms with E-state index in [1.807, 2.05) is 19.2 Å². The normalized spacial score (nSPS) is 22.2. The highest BCUT2D eigenvalue weighted by atomic mass is 16.5. The molecule has 5 nitrogen and oxygen atoms in total. The highest BCUT2D eigenvalue weighted by Crippen LogP contribution is 2.37. The Kier molecular flexibility index (Phi) is 6.09. The molecule has 2 fully saturated rings. The third-order valence-corrected chi connectivity index (χ3v) is 7.53. The van der Waals surface area contributed by atoms with Crippen LogP contribution in [0.15, 0.2) is 54.4 Å². The molecule has 0 bridgehead atoms. The first-order valence-electron chi connectivity index (χ1n) is 12.2. The fourth-order valence-corrected chi connectivity index (χ4v) is 5.58. The van der Waals surface area contributed by atoms with Crippen LogP contribution < -0.4 is 5.32 Å². The Hall–Kier alpha value is -2.53. The van der Waals surface area contributed by atoms with E-state index in [0.29, 0.717) is 12.0 Å². The summed E-state index contributed by atoms with van der Waals surface area (Å²) in [5, 5.41) is 4.41. The lowest BCUT2D eigenvalue weighted by Gasteiger charge is -2.36. The van der Waals surface area contributed by atoms with Gasteiger partial charge in [-0.15, -0.1) is 0 Å². The summed E-state index contributed by atoms with van der Waals surface area (Å²) in [4.78, 5) is 16.1. The minimum Gasteiger partial charge on any atom is -0.391 e. The van der Waals surface area contributed by atoms with Crippen molar-refractivity contribution in [2.45, 2.75) is 63.6 Å². The van der Waals surface area contributed by atoms with Crippen molar-refractivity contribution in [2.75, 3.05) is 20.3 Å². The summed E-state index contributed by atoms with van der Waals surface area (Å²) in [5.41, 5.74) is 4.55. The summed E-state index contributed by atoms with van der Waals surface area (Å²) in [6.07, 6.45) is 11.5. The summed E-state index contributed by atoms with van der Waals surface area (Å²) in [7, 11) is 1.98. The first kappa shape index (κ1) is 21.3. The van der Waals surface area contributed by atoms with Crippen LogP contribution in [0.1, 0.15) is 55.3 Å². The number of allylic oxidation sites excluding steroid dienone is 2. The minimum absolute atomic E-state index is 0.197. The molecular weight excluding hydrogens is 398 g/mol. The second-order valence-corrected chi connectivity index (χ2v) is 9.56. The zero-order chi connectivity index (χ0) is 22.1. The van der Waals surface area contributed by atoms with Crippen LogP contribution in [0.5, 0.6) is 0 Å². The van der Waals surface area contributed by atoms with Gasteiger partial charge < -0.3 is 19.5 Å². The van der Waals surface area contributed by atoms with E-state index in [9.17, 15) is 4.79 Å². The largest absolute Gasteiger partial charge is 0.391 e. The fourth-order valence-electron chi connectivity index (χ4n) is 5.58. The van der Waals surface area contributed by atoms with Crippen LogP contribution in [-0.4, -0.2) is 47.7 Å². The number of carbonyl (C=O) groups excluding carboxylic acids is 1. The van der Waals surface area contributed by atoms with Gasteiger partial charge in [0.05, 0.1) is 0 Å². The molecule has 170 valence electrons. The number of ether oxygens (including phenoxy) is 1. The van der Waals surface area contributed by atoms with Gasteiger partial charge in [-0.3, -0.25) is 4.79 Å². The van der Waals surface area contributed by atoms with Crippen LogP contribution in [-0.2, 0) is 11.3 Å². The molecule has 1 saturated heterocycles. The average Bonchev–Trinajstić information content (AvgIpc) is 3.59. The zero-order valence-corrected chi connectivity index (χ0v) is 19.2. The van der Waals surface area contributed by atoms with Gasteiger partial charge in [0.15, 0.2) is 0 Å². The highest BCUT2D eigenvalue weighted by Gasteiger charge is 2.39. The predicted molar refractivity (Wildman–Crippen MR) is 129 cm³/mol. The molecule has 2 aromatic rings. The number of nitrogens with zero attached hydrogens (tertiary/aromatic N) is 2. The van der Waals surface area contributed by atoms with Crippen LogP contribution in [0, 0.1) is 5.92 Å². The second-order valence-electron chi connectivity index (χ2n) is 9.56. The molecule has 5 rings (SSSR count). The monoisotopic (exact) mass is 433 g/mol. The van der Waals surface area contributed by atoms with Crippen molar-refractivity contribution in [1.29, 1.82) is 0 Å². The maximum Gasteiger partial charge on any atom is 0.255 e. The zero-order valence-electron chi connectivity index (χ0n) is 19.2. The predicted octanol–water partition coefficient (Wildman–Crippen LogP) is 4.88. The second kappa shape index (κ2) is 9.14. The number of fused-ring (bicyclic) bond motifs is 1. The SMILES string of the molecule is C=CC1=C(NC)CCC(N(C(=O)c2cccc3c2ccn3CC2CCOCC2)C2CC2)C1. The topological polar surface area (TPSA) is 46.5 Å². The molecule has 1 aromatic heterocycles. The lowest BCUT2D eigenvalue weighted by atomic mass is 9.90. The van der Waals surface area contributed by atoms with Gasteiger partial charge in [0.25, 0.3) is 5.91 Å². The summed E-state index contributed by atoms with van der Waals surface area (Å²) >= 11 is 0. The number of nitrogens with one attached hydrogen (secondary N) is 1. The standard InChI is InChI=1S/C27H35N3O2/c1-3-20-17-22(9-10-25(20)28-2)30(21-7-8-21)27(31)24-5-4-6-26-23(24)11-14-29(26)18-19-12-15-32-16-13-19/h3-6,11,14,19,21-22,28H,1,7-10,12-13,15-18H2,2H3. The van der Waals surface area contributed by atoms with Gasteiger partial charge in [0.1, 0.15) is 0 Å². The van der Waals surface area contributed by atoms with Crippen LogP contribution in [0.25, 0.3) is 10.9 Å². The molecule has 1 N–H and O–H groups in total. The average molecular weight is 434 g/mol. The molecule has 0 radical (unpaired) electrons. The Labute approximate surface area is 191 Å². The maximum absolute atomic E-state index is 13.9. The Morgan fingerprint density at radius 2 is 2.00 bits per heavy atom. The summed E-state index contributed by atoms with van der Waals surface area (Å²) in [6, 6.07) is 9.00. The molecule has 32 heavy (non-hydrogen) atoms. The van der Waals surface area contributed by atoms with Gasteiger partial charge in [0, 0.05) is 67.3 Å². The van der Waals surface area contributed by atoms with E-state index in [2.05, 4.69) is 45.8 Å². The number of rotatable bonds is 7. The molecule has 1 saturated carbocycles. The van der Waals surface area contributed by atoms with E-state index in [4.69, 9.17) is 4.74 Å². The molecule has 2 aliphatic carbocycles. The van der Waals surface area contributed by atoms with Crippen molar-refractivity contribution in [2.24, 2.45) is 5.92 Å². The Morgan fingerprint density at radius 3 is 2.72 bits per heavy atom. The van der Waals surface area contributed by atoms with Gasteiger partial charge in [-0.05, 0) is 74.6 Å². The Balaban J connectivity index is 1.42. The summed E-state index contributed by atoms with van der Waals surface area (Å²) in [5.74, 6) is 0.845. The first-order chi connectivity index (χ1) is 15.7.